The summed E-state index contributed by atoms with van der Waals surface area (Å²) in [5.74, 6) is 0.0997. The van der Waals surface area contributed by atoms with E-state index in [0.717, 1.165) is 38.2 Å². The Bertz CT molecular complexity index is 1850. The first-order valence-electron chi connectivity index (χ1n) is 11.5. The van der Waals surface area contributed by atoms with E-state index in [2.05, 4.69) is 54.6 Å². The lowest BCUT2D eigenvalue weighted by Gasteiger charge is -2.18. The molecule has 5 heteroatoms. The third kappa shape index (κ3) is 3.61. The molecule has 6 aromatic rings. The largest absolute Gasteiger partial charge is 0.495 e. The molecule has 0 atom stereocenters. The molecule has 0 spiro atoms. The van der Waals surface area contributed by atoms with Crippen LogP contribution in [0.25, 0.3) is 54.6 Å². The molecule has 1 N–H and O–H groups in total. The van der Waals surface area contributed by atoms with Crippen molar-refractivity contribution in [1.29, 1.82) is 0 Å². The highest BCUT2D eigenvalue weighted by Crippen LogP contribution is 2.44. The van der Waals surface area contributed by atoms with E-state index < -0.39 is 10.1 Å². The maximum Gasteiger partial charge on any atom is 0.298 e. The topological polar surface area (TPSA) is 63.6 Å². The van der Waals surface area contributed by atoms with Gasteiger partial charge in [0, 0.05) is 0 Å². The van der Waals surface area contributed by atoms with E-state index in [-0.39, 0.29) is 10.6 Å². The Morgan fingerprint density at radius 2 is 1.06 bits per heavy atom. The van der Waals surface area contributed by atoms with Gasteiger partial charge in [-0.1, -0.05) is 91.0 Å². The Labute approximate surface area is 209 Å². The molecule has 0 saturated carbocycles. The summed E-state index contributed by atoms with van der Waals surface area (Å²) in [7, 11) is -3.10. The van der Waals surface area contributed by atoms with Crippen molar-refractivity contribution in [1.82, 2.24) is 0 Å². The highest BCUT2D eigenvalue weighted by molar-refractivity contribution is 7.86. The molecule has 0 heterocycles. The molecule has 6 rings (SSSR count). The fourth-order valence-corrected chi connectivity index (χ4v) is 5.81. The fraction of sp³-hybridized carbons (Fsp3) is 0.0323. The van der Waals surface area contributed by atoms with Crippen molar-refractivity contribution >= 4 is 42.4 Å². The van der Waals surface area contributed by atoms with E-state index in [1.165, 1.54) is 23.9 Å². The highest BCUT2D eigenvalue weighted by atomic mass is 32.2. The van der Waals surface area contributed by atoms with Gasteiger partial charge >= 0.3 is 0 Å². The minimum Gasteiger partial charge on any atom is -0.495 e. The van der Waals surface area contributed by atoms with Crippen molar-refractivity contribution in [2.24, 2.45) is 0 Å². The molecular weight excluding hydrogens is 468 g/mol. The van der Waals surface area contributed by atoms with E-state index in [9.17, 15) is 13.0 Å². The van der Waals surface area contributed by atoms with Gasteiger partial charge in [0.1, 0.15) is 10.6 Å². The highest BCUT2D eigenvalue weighted by Gasteiger charge is 2.21. The van der Waals surface area contributed by atoms with Gasteiger partial charge in [0.15, 0.2) is 0 Å². The van der Waals surface area contributed by atoms with Crippen LogP contribution < -0.4 is 4.74 Å². The first-order chi connectivity index (χ1) is 17.5. The molecule has 36 heavy (non-hydrogen) atoms. The Morgan fingerprint density at radius 1 is 0.583 bits per heavy atom. The van der Waals surface area contributed by atoms with E-state index in [0.29, 0.717) is 5.56 Å². The Balaban J connectivity index is 1.74. The molecule has 0 aliphatic heterocycles. The summed E-state index contributed by atoms with van der Waals surface area (Å²) in [6, 6.07) is 36.0. The van der Waals surface area contributed by atoms with Crippen LogP contribution in [-0.2, 0) is 10.1 Å². The maximum absolute atomic E-state index is 12.1. The molecule has 4 nitrogen and oxygen atoms in total. The standard InChI is InChI=1S/C31H22O4S/c1-35-28-17-16-23(19-29(28)36(32,33)34)31-26-12-6-4-10-24(26)30(25-11-5-7-13-27(25)31)22-15-14-20-8-2-3-9-21(20)18-22/h2-19H,1H3,(H,32,33,34). The van der Waals surface area contributed by atoms with Gasteiger partial charge < -0.3 is 4.74 Å². The zero-order chi connectivity index (χ0) is 24.9. The number of fused-ring (bicyclic) bond motifs is 3. The van der Waals surface area contributed by atoms with Crippen LogP contribution >= 0.6 is 0 Å². The van der Waals surface area contributed by atoms with Gasteiger partial charge in [0.05, 0.1) is 7.11 Å². The Hall–Kier alpha value is -4.19. The summed E-state index contributed by atoms with van der Waals surface area (Å²) >= 11 is 0. The molecule has 0 amide bonds. The number of benzene rings is 6. The molecule has 0 aromatic heterocycles. The van der Waals surface area contributed by atoms with Crippen LogP contribution in [0.1, 0.15) is 0 Å². The van der Waals surface area contributed by atoms with Crippen molar-refractivity contribution in [3.05, 3.63) is 109 Å². The van der Waals surface area contributed by atoms with Crippen molar-refractivity contribution < 1.29 is 17.7 Å². The van der Waals surface area contributed by atoms with Gasteiger partial charge in [-0.15, -0.1) is 0 Å². The molecule has 0 aliphatic rings. The van der Waals surface area contributed by atoms with Gasteiger partial charge in [-0.2, -0.15) is 8.42 Å². The monoisotopic (exact) mass is 490 g/mol. The zero-order valence-corrected chi connectivity index (χ0v) is 20.3. The second-order valence-corrected chi connectivity index (χ2v) is 10.1. The predicted molar refractivity (Wildman–Crippen MR) is 146 cm³/mol. The van der Waals surface area contributed by atoms with Crippen LogP contribution in [0.5, 0.6) is 5.75 Å². The van der Waals surface area contributed by atoms with Crippen LogP contribution in [0.15, 0.2) is 114 Å². The summed E-state index contributed by atoms with van der Waals surface area (Å²) in [5.41, 5.74) is 3.82. The maximum atomic E-state index is 12.1. The van der Waals surface area contributed by atoms with Crippen molar-refractivity contribution in [3.63, 3.8) is 0 Å². The lowest BCUT2D eigenvalue weighted by Crippen LogP contribution is -2.02. The third-order valence-corrected chi connectivity index (χ3v) is 7.57. The molecule has 6 aromatic carbocycles. The van der Waals surface area contributed by atoms with Crippen LogP contribution in [0.2, 0.25) is 0 Å². The summed E-state index contributed by atoms with van der Waals surface area (Å²) in [6.07, 6.45) is 0. The molecule has 0 saturated heterocycles. The first-order valence-corrected chi connectivity index (χ1v) is 13.0. The minimum absolute atomic E-state index is 0.0997. The van der Waals surface area contributed by atoms with Gasteiger partial charge in [-0.05, 0) is 72.8 Å². The lowest BCUT2D eigenvalue weighted by atomic mass is 9.85. The lowest BCUT2D eigenvalue weighted by molar-refractivity contribution is 0.397. The van der Waals surface area contributed by atoms with Crippen LogP contribution in [0.4, 0.5) is 0 Å². The molecule has 0 bridgehead atoms. The first kappa shape index (κ1) is 22.3. The number of hydrogen-bond donors (Lipinski definition) is 1. The molecule has 0 aliphatic carbocycles. The van der Waals surface area contributed by atoms with E-state index in [1.807, 2.05) is 42.5 Å². The van der Waals surface area contributed by atoms with Crippen LogP contribution in [0, 0.1) is 0 Å². The van der Waals surface area contributed by atoms with Crippen molar-refractivity contribution in [2.45, 2.75) is 4.90 Å². The summed E-state index contributed by atoms with van der Waals surface area (Å²) in [6.45, 7) is 0. The molecule has 176 valence electrons. The summed E-state index contributed by atoms with van der Waals surface area (Å²) in [5, 5.41) is 6.45. The average molecular weight is 491 g/mol. The molecule has 0 fully saturated rings. The number of rotatable bonds is 4. The van der Waals surface area contributed by atoms with Crippen LogP contribution in [-0.4, -0.2) is 20.1 Å². The Kier molecular flexibility index (Phi) is 5.25. The fourth-order valence-electron chi connectivity index (χ4n) is 5.13. The van der Waals surface area contributed by atoms with Gasteiger partial charge in [-0.3, -0.25) is 4.55 Å². The third-order valence-electron chi connectivity index (χ3n) is 6.70. The summed E-state index contributed by atoms with van der Waals surface area (Å²) < 4.78 is 39.4. The van der Waals surface area contributed by atoms with E-state index in [1.54, 1.807) is 6.07 Å². The molecular formula is C31H22O4S. The Morgan fingerprint density at radius 3 is 1.58 bits per heavy atom. The summed E-state index contributed by atoms with van der Waals surface area (Å²) in [4.78, 5) is -0.255. The zero-order valence-electron chi connectivity index (χ0n) is 19.5. The van der Waals surface area contributed by atoms with Crippen molar-refractivity contribution in [2.75, 3.05) is 7.11 Å². The van der Waals surface area contributed by atoms with Gasteiger partial charge in [-0.25, -0.2) is 0 Å². The smallest absolute Gasteiger partial charge is 0.298 e. The number of methoxy groups -OCH3 is 1. The van der Waals surface area contributed by atoms with E-state index in [4.69, 9.17) is 4.74 Å². The second kappa shape index (κ2) is 8.48. The van der Waals surface area contributed by atoms with E-state index >= 15 is 0 Å². The average Bonchev–Trinajstić information content (AvgIpc) is 2.90. The predicted octanol–water partition coefficient (Wildman–Crippen LogP) is 7.74. The SMILES string of the molecule is COc1ccc(-c2c3ccccc3c(-c3ccc4ccccc4c3)c3ccccc23)cc1S(=O)(=O)O. The van der Waals surface area contributed by atoms with Gasteiger partial charge in [0.2, 0.25) is 0 Å². The van der Waals surface area contributed by atoms with Gasteiger partial charge in [0.25, 0.3) is 10.1 Å². The quantitative estimate of drug-likeness (QED) is 0.203. The van der Waals surface area contributed by atoms with Crippen LogP contribution in [0.3, 0.4) is 0 Å². The second-order valence-electron chi connectivity index (χ2n) is 8.74. The number of ether oxygens (including phenoxy) is 1. The van der Waals surface area contributed by atoms with Crippen molar-refractivity contribution in [3.8, 4) is 28.0 Å². The minimum atomic E-state index is -4.48. The normalized spacial score (nSPS) is 11.8. The molecule has 0 radical (unpaired) electrons. The number of hydrogen-bond acceptors (Lipinski definition) is 3. The molecule has 0 unspecified atom stereocenters.